The second kappa shape index (κ2) is 5.09. The summed E-state index contributed by atoms with van der Waals surface area (Å²) < 4.78 is 0. The first-order chi connectivity index (χ1) is 7.78. The third kappa shape index (κ3) is 2.81. The van der Waals surface area contributed by atoms with E-state index >= 15 is 0 Å². The molecule has 1 heterocycles. The van der Waals surface area contributed by atoms with E-state index in [1.807, 2.05) is 18.3 Å². The number of nitrogens with zero attached hydrogens (tertiary/aromatic N) is 1. The standard InChI is InChI=1S/C12H14N2OS/c13-6-5-11-8-14-12(16-11)7-9-1-3-10(15)4-2-9/h1-4,8,15H,5-7,13H2. The van der Waals surface area contributed by atoms with Gasteiger partial charge in [-0.15, -0.1) is 11.3 Å². The second-order valence-electron chi connectivity index (χ2n) is 3.60. The van der Waals surface area contributed by atoms with Crippen molar-refractivity contribution in [3.8, 4) is 5.75 Å². The number of rotatable bonds is 4. The molecule has 3 nitrogen and oxygen atoms in total. The Morgan fingerprint density at radius 3 is 2.69 bits per heavy atom. The van der Waals surface area contributed by atoms with Crippen LogP contribution in [-0.2, 0) is 12.8 Å². The highest BCUT2D eigenvalue weighted by atomic mass is 32.1. The molecule has 0 aliphatic carbocycles. The van der Waals surface area contributed by atoms with Crippen LogP contribution in [0.1, 0.15) is 15.4 Å². The first kappa shape index (κ1) is 11.1. The maximum Gasteiger partial charge on any atom is 0.115 e. The average Bonchev–Trinajstić information content (AvgIpc) is 2.70. The molecule has 0 atom stereocenters. The normalized spacial score (nSPS) is 10.6. The van der Waals surface area contributed by atoms with Crippen molar-refractivity contribution < 1.29 is 5.11 Å². The van der Waals surface area contributed by atoms with E-state index in [4.69, 9.17) is 10.8 Å². The molecule has 2 rings (SSSR count). The fourth-order valence-electron chi connectivity index (χ4n) is 1.48. The van der Waals surface area contributed by atoms with Gasteiger partial charge in [-0.25, -0.2) is 4.98 Å². The summed E-state index contributed by atoms with van der Waals surface area (Å²) in [5, 5.41) is 10.3. The van der Waals surface area contributed by atoms with Crippen molar-refractivity contribution in [3.05, 3.63) is 45.9 Å². The predicted octanol–water partition coefficient (Wildman–Crippen LogP) is 1.94. The highest BCUT2D eigenvalue weighted by Gasteiger charge is 2.02. The molecule has 0 saturated carbocycles. The monoisotopic (exact) mass is 234 g/mol. The number of aromatic hydroxyl groups is 1. The molecule has 0 radical (unpaired) electrons. The molecule has 3 N–H and O–H groups in total. The topological polar surface area (TPSA) is 59.1 Å². The molecule has 0 spiro atoms. The zero-order chi connectivity index (χ0) is 11.4. The summed E-state index contributed by atoms with van der Waals surface area (Å²) in [4.78, 5) is 5.59. The van der Waals surface area contributed by atoms with Crippen LogP contribution in [0, 0.1) is 0 Å². The number of phenolic OH excluding ortho intramolecular Hbond substituents is 1. The van der Waals surface area contributed by atoms with E-state index in [1.165, 1.54) is 4.88 Å². The fraction of sp³-hybridized carbons (Fsp3) is 0.250. The lowest BCUT2D eigenvalue weighted by Gasteiger charge is -1.97. The molecule has 2 aromatic rings. The van der Waals surface area contributed by atoms with E-state index < -0.39 is 0 Å². The summed E-state index contributed by atoms with van der Waals surface area (Å²) in [6.45, 7) is 0.668. The summed E-state index contributed by atoms with van der Waals surface area (Å²) in [6.07, 6.45) is 3.61. The Morgan fingerprint density at radius 2 is 2.00 bits per heavy atom. The Balaban J connectivity index is 2.05. The molecule has 0 bridgehead atoms. The fourth-order valence-corrected chi connectivity index (χ4v) is 2.45. The van der Waals surface area contributed by atoms with Gasteiger partial charge >= 0.3 is 0 Å². The number of hydrogen-bond acceptors (Lipinski definition) is 4. The summed E-state index contributed by atoms with van der Waals surface area (Å²) in [5.74, 6) is 0.298. The van der Waals surface area contributed by atoms with Crippen LogP contribution in [0.5, 0.6) is 5.75 Å². The molecule has 0 fully saturated rings. The van der Waals surface area contributed by atoms with Crippen molar-refractivity contribution in [2.45, 2.75) is 12.8 Å². The lowest BCUT2D eigenvalue weighted by Crippen LogP contribution is -2.00. The Hall–Kier alpha value is -1.39. The van der Waals surface area contributed by atoms with Gasteiger partial charge in [0.05, 0.1) is 5.01 Å². The average molecular weight is 234 g/mol. The molecule has 1 aromatic carbocycles. The third-order valence-corrected chi connectivity index (χ3v) is 3.34. The van der Waals surface area contributed by atoms with Crippen LogP contribution in [0.4, 0.5) is 0 Å². The van der Waals surface area contributed by atoms with Gasteiger partial charge in [0, 0.05) is 17.5 Å². The largest absolute Gasteiger partial charge is 0.508 e. The van der Waals surface area contributed by atoms with Crippen molar-refractivity contribution in [3.63, 3.8) is 0 Å². The molecular formula is C12H14N2OS. The molecule has 16 heavy (non-hydrogen) atoms. The van der Waals surface area contributed by atoms with Gasteiger partial charge in [-0.05, 0) is 30.7 Å². The van der Waals surface area contributed by atoms with Crippen LogP contribution in [-0.4, -0.2) is 16.6 Å². The lowest BCUT2D eigenvalue weighted by atomic mass is 10.1. The molecular weight excluding hydrogens is 220 g/mol. The van der Waals surface area contributed by atoms with Crippen LogP contribution < -0.4 is 5.73 Å². The Labute approximate surface area is 98.6 Å². The first-order valence-corrected chi connectivity index (χ1v) is 6.01. The van der Waals surface area contributed by atoms with Gasteiger partial charge < -0.3 is 10.8 Å². The Kier molecular flexibility index (Phi) is 3.54. The van der Waals surface area contributed by atoms with Crippen molar-refractivity contribution >= 4 is 11.3 Å². The molecule has 0 unspecified atom stereocenters. The van der Waals surface area contributed by atoms with Gasteiger partial charge in [-0.2, -0.15) is 0 Å². The van der Waals surface area contributed by atoms with Gasteiger partial charge in [0.15, 0.2) is 0 Å². The quantitative estimate of drug-likeness (QED) is 0.850. The van der Waals surface area contributed by atoms with Gasteiger partial charge in [-0.1, -0.05) is 12.1 Å². The number of aromatic nitrogens is 1. The summed E-state index contributed by atoms with van der Waals surface area (Å²) in [5.41, 5.74) is 6.65. The number of nitrogens with two attached hydrogens (primary N) is 1. The number of phenols is 1. The van der Waals surface area contributed by atoms with Crippen LogP contribution >= 0.6 is 11.3 Å². The molecule has 4 heteroatoms. The van der Waals surface area contributed by atoms with Gasteiger partial charge in [0.25, 0.3) is 0 Å². The summed E-state index contributed by atoms with van der Waals surface area (Å²) in [7, 11) is 0. The molecule has 1 aromatic heterocycles. The highest BCUT2D eigenvalue weighted by Crippen LogP contribution is 2.18. The van der Waals surface area contributed by atoms with Crippen LogP contribution in [0.3, 0.4) is 0 Å². The SMILES string of the molecule is NCCc1cnc(Cc2ccc(O)cc2)s1. The van der Waals surface area contributed by atoms with Gasteiger partial charge in [0.2, 0.25) is 0 Å². The van der Waals surface area contributed by atoms with Crippen LogP contribution in [0.25, 0.3) is 0 Å². The third-order valence-electron chi connectivity index (χ3n) is 2.28. The van der Waals surface area contributed by atoms with E-state index in [2.05, 4.69) is 4.98 Å². The van der Waals surface area contributed by atoms with Gasteiger partial charge in [-0.3, -0.25) is 0 Å². The minimum atomic E-state index is 0.298. The van der Waals surface area contributed by atoms with Crippen molar-refractivity contribution in [1.82, 2.24) is 4.98 Å². The number of benzene rings is 1. The maximum absolute atomic E-state index is 9.17. The second-order valence-corrected chi connectivity index (χ2v) is 4.80. The van der Waals surface area contributed by atoms with E-state index in [0.717, 1.165) is 23.4 Å². The molecule has 0 aliphatic rings. The van der Waals surface area contributed by atoms with E-state index in [9.17, 15) is 0 Å². The number of hydrogen-bond donors (Lipinski definition) is 2. The summed E-state index contributed by atoms with van der Waals surface area (Å²) >= 11 is 1.70. The zero-order valence-electron chi connectivity index (χ0n) is 8.89. The van der Waals surface area contributed by atoms with Crippen molar-refractivity contribution in [1.29, 1.82) is 0 Å². The Bertz CT molecular complexity index is 450. The van der Waals surface area contributed by atoms with Crippen LogP contribution in [0.15, 0.2) is 30.5 Å². The highest BCUT2D eigenvalue weighted by molar-refractivity contribution is 7.11. The molecule has 0 saturated heterocycles. The summed E-state index contributed by atoms with van der Waals surface area (Å²) in [6, 6.07) is 7.23. The van der Waals surface area contributed by atoms with E-state index in [0.29, 0.717) is 12.3 Å². The first-order valence-electron chi connectivity index (χ1n) is 5.19. The lowest BCUT2D eigenvalue weighted by molar-refractivity contribution is 0.475. The van der Waals surface area contributed by atoms with Crippen molar-refractivity contribution in [2.24, 2.45) is 5.73 Å². The maximum atomic E-state index is 9.17. The molecule has 0 aliphatic heterocycles. The Morgan fingerprint density at radius 1 is 1.25 bits per heavy atom. The molecule has 84 valence electrons. The molecule has 0 amide bonds. The minimum absolute atomic E-state index is 0.298. The van der Waals surface area contributed by atoms with E-state index in [-0.39, 0.29) is 0 Å². The van der Waals surface area contributed by atoms with Crippen molar-refractivity contribution in [2.75, 3.05) is 6.54 Å². The van der Waals surface area contributed by atoms with E-state index in [1.54, 1.807) is 23.5 Å². The minimum Gasteiger partial charge on any atom is -0.508 e. The predicted molar refractivity (Wildman–Crippen MR) is 65.8 cm³/mol. The zero-order valence-corrected chi connectivity index (χ0v) is 9.70. The van der Waals surface area contributed by atoms with Crippen LogP contribution in [0.2, 0.25) is 0 Å². The number of thiazole rings is 1. The smallest absolute Gasteiger partial charge is 0.115 e. The van der Waals surface area contributed by atoms with Gasteiger partial charge in [0.1, 0.15) is 5.75 Å².